The lowest BCUT2D eigenvalue weighted by Crippen LogP contribution is -2.26. The zero-order valence-electron chi connectivity index (χ0n) is 13.1. The summed E-state index contributed by atoms with van der Waals surface area (Å²) in [5.74, 6) is 0. The molecule has 0 unspecified atom stereocenters. The summed E-state index contributed by atoms with van der Waals surface area (Å²) in [6.07, 6.45) is 5.30. The summed E-state index contributed by atoms with van der Waals surface area (Å²) < 4.78 is 0. The minimum atomic E-state index is 0.709. The highest BCUT2D eigenvalue weighted by atomic mass is 32.2. The molecule has 4 heteroatoms. The molecule has 21 heavy (non-hydrogen) atoms. The lowest BCUT2D eigenvalue weighted by atomic mass is 10.2. The first-order valence-electron chi connectivity index (χ1n) is 7.37. The molecular weight excluding hydrogens is 296 g/mol. The monoisotopic (exact) mass is 320 g/mol. The van der Waals surface area contributed by atoms with Crippen molar-refractivity contribution in [2.45, 2.75) is 38.6 Å². The molecule has 2 nitrogen and oxygen atoms in total. The van der Waals surface area contributed by atoms with Crippen LogP contribution >= 0.6 is 23.1 Å². The molecule has 0 aliphatic rings. The summed E-state index contributed by atoms with van der Waals surface area (Å²) in [4.78, 5) is 8.47. The minimum Gasteiger partial charge on any atom is -0.292 e. The second-order valence-corrected chi connectivity index (χ2v) is 7.67. The molecule has 2 rings (SSSR count). The summed E-state index contributed by atoms with van der Waals surface area (Å²) in [5, 5.41) is 2.90. The van der Waals surface area contributed by atoms with Crippen LogP contribution in [0.25, 0.3) is 0 Å². The van der Waals surface area contributed by atoms with E-state index in [-0.39, 0.29) is 0 Å². The van der Waals surface area contributed by atoms with Crippen molar-refractivity contribution >= 4 is 23.1 Å². The van der Waals surface area contributed by atoms with Crippen LogP contribution in [-0.4, -0.2) is 27.9 Å². The van der Waals surface area contributed by atoms with Crippen molar-refractivity contribution in [1.82, 2.24) is 9.88 Å². The maximum atomic E-state index is 4.47. The third-order valence-electron chi connectivity index (χ3n) is 3.70. The second kappa shape index (κ2) is 8.57. The Bertz CT molecular complexity index is 525. The standard InChI is InChI=1S/C17H24N2S2/c1-14-8-11-21-17(14)13-19(10-7-15(2)20-3)12-16-6-4-5-9-18-16/h4-6,8-9,11,15H,7,10,12-13H2,1-3H3/t15-/m0/s1. The molecule has 0 aromatic carbocycles. The quantitative estimate of drug-likeness (QED) is 0.707. The van der Waals surface area contributed by atoms with E-state index in [1.54, 1.807) is 0 Å². The van der Waals surface area contributed by atoms with Gasteiger partial charge >= 0.3 is 0 Å². The Labute approximate surface area is 136 Å². The minimum absolute atomic E-state index is 0.709. The highest BCUT2D eigenvalue weighted by Gasteiger charge is 2.12. The van der Waals surface area contributed by atoms with E-state index in [4.69, 9.17) is 0 Å². The van der Waals surface area contributed by atoms with Gasteiger partial charge in [0.25, 0.3) is 0 Å². The molecule has 2 heterocycles. The van der Waals surface area contributed by atoms with E-state index >= 15 is 0 Å². The van der Waals surface area contributed by atoms with Gasteiger partial charge in [-0.05, 0) is 55.3 Å². The summed E-state index contributed by atoms with van der Waals surface area (Å²) in [5.41, 5.74) is 2.56. The highest BCUT2D eigenvalue weighted by Crippen LogP contribution is 2.20. The number of hydrogen-bond acceptors (Lipinski definition) is 4. The lowest BCUT2D eigenvalue weighted by molar-refractivity contribution is 0.252. The molecule has 0 radical (unpaired) electrons. The SMILES string of the molecule is CS[C@@H](C)CCN(Cc1ccccn1)Cc1sccc1C. The van der Waals surface area contributed by atoms with Crippen LogP contribution < -0.4 is 0 Å². The molecule has 0 spiro atoms. The van der Waals surface area contributed by atoms with Gasteiger partial charge < -0.3 is 0 Å². The molecule has 0 fully saturated rings. The number of aromatic nitrogens is 1. The first-order valence-corrected chi connectivity index (χ1v) is 9.54. The largest absolute Gasteiger partial charge is 0.292 e. The average molecular weight is 321 g/mol. The number of hydrogen-bond donors (Lipinski definition) is 0. The molecule has 114 valence electrons. The number of thioether (sulfide) groups is 1. The predicted molar refractivity (Wildman–Crippen MR) is 95.0 cm³/mol. The Morgan fingerprint density at radius 3 is 2.76 bits per heavy atom. The average Bonchev–Trinajstić information content (AvgIpc) is 2.90. The van der Waals surface area contributed by atoms with Crippen molar-refractivity contribution in [2.24, 2.45) is 0 Å². The molecule has 0 amide bonds. The Kier molecular flexibility index (Phi) is 6.74. The van der Waals surface area contributed by atoms with Crippen molar-refractivity contribution in [1.29, 1.82) is 0 Å². The molecule has 2 aromatic rings. The zero-order valence-corrected chi connectivity index (χ0v) is 14.7. The fraction of sp³-hybridized carbons (Fsp3) is 0.471. The number of aryl methyl sites for hydroxylation is 1. The zero-order chi connectivity index (χ0) is 15.1. The maximum Gasteiger partial charge on any atom is 0.0544 e. The summed E-state index contributed by atoms with van der Waals surface area (Å²) in [6, 6.07) is 8.38. The Hall–Kier alpha value is -0.840. The van der Waals surface area contributed by atoms with Crippen molar-refractivity contribution in [3.05, 3.63) is 52.0 Å². The number of pyridine rings is 1. The predicted octanol–water partition coefficient (Wildman–Crippen LogP) is 4.60. The summed E-state index contributed by atoms with van der Waals surface area (Å²) in [6.45, 7) is 7.59. The molecule has 0 aliphatic carbocycles. The Morgan fingerprint density at radius 2 is 2.14 bits per heavy atom. The van der Waals surface area contributed by atoms with Crippen LogP contribution in [0.5, 0.6) is 0 Å². The number of rotatable bonds is 8. The molecule has 0 N–H and O–H groups in total. The maximum absolute atomic E-state index is 4.47. The van der Waals surface area contributed by atoms with E-state index < -0.39 is 0 Å². The Balaban J connectivity index is 2.01. The second-order valence-electron chi connectivity index (χ2n) is 5.39. The molecule has 1 atom stereocenters. The normalized spacial score (nSPS) is 12.8. The van der Waals surface area contributed by atoms with E-state index in [9.17, 15) is 0 Å². The van der Waals surface area contributed by atoms with Crippen LogP contribution in [0, 0.1) is 6.92 Å². The van der Waals surface area contributed by atoms with E-state index in [1.165, 1.54) is 16.9 Å². The van der Waals surface area contributed by atoms with Gasteiger partial charge in [0.1, 0.15) is 0 Å². The van der Waals surface area contributed by atoms with Gasteiger partial charge in [0.15, 0.2) is 0 Å². The highest BCUT2D eigenvalue weighted by molar-refractivity contribution is 7.99. The topological polar surface area (TPSA) is 16.1 Å². The fourth-order valence-corrected chi connectivity index (χ4v) is 3.47. The third-order valence-corrected chi connectivity index (χ3v) is 5.75. The van der Waals surface area contributed by atoms with Crippen LogP contribution in [0.15, 0.2) is 35.8 Å². The van der Waals surface area contributed by atoms with Crippen molar-refractivity contribution in [3.8, 4) is 0 Å². The molecule has 2 aromatic heterocycles. The van der Waals surface area contributed by atoms with Gasteiger partial charge in [0, 0.05) is 29.4 Å². The fourth-order valence-electron chi connectivity index (χ4n) is 2.19. The van der Waals surface area contributed by atoms with Crippen LogP contribution in [0.2, 0.25) is 0 Å². The van der Waals surface area contributed by atoms with E-state index in [1.807, 2.05) is 35.4 Å². The lowest BCUT2D eigenvalue weighted by Gasteiger charge is -2.23. The van der Waals surface area contributed by atoms with Crippen molar-refractivity contribution < 1.29 is 0 Å². The van der Waals surface area contributed by atoms with Gasteiger partial charge in [0.05, 0.1) is 5.69 Å². The van der Waals surface area contributed by atoms with Gasteiger partial charge in [-0.15, -0.1) is 11.3 Å². The van der Waals surface area contributed by atoms with Crippen molar-refractivity contribution in [2.75, 3.05) is 12.8 Å². The first kappa shape index (κ1) is 16.5. The number of nitrogens with zero attached hydrogens (tertiary/aromatic N) is 2. The van der Waals surface area contributed by atoms with Crippen LogP contribution in [-0.2, 0) is 13.1 Å². The molecule has 0 aliphatic heterocycles. The first-order chi connectivity index (χ1) is 10.2. The van der Waals surface area contributed by atoms with E-state index in [0.717, 1.165) is 25.3 Å². The van der Waals surface area contributed by atoms with E-state index in [2.05, 4.69) is 53.6 Å². The van der Waals surface area contributed by atoms with Crippen LogP contribution in [0.1, 0.15) is 29.5 Å². The van der Waals surface area contributed by atoms with Crippen LogP contribution in [0.4, 0.5) is 0 Å². The molecular formula is C17H24N2S2. The molecule has 0 saturated heterocycles. The van der Waals surface area contributed by atoms with Gasteiger partial charge in [-0.25, -0.2) is 0 Å². The van der Waals surface area contributed by atoms with Gasteiger partial charge in [-0.2, -0.15) is 11.8 Å². The van der Waals surface area contributed by atoms with Gasteiger partial charge in [-0.3, -0.25) is 9.88 Å². The molecule has 0 saturated carbocycles. The Morgan fingerprint density at radius 1 is 1.29 bits per heavy atom. The smallest absolute Gasteiger partial charge is 0.0544 e. The van der Waals surface area contributed by atoms with Crippen molar-refractivity contribution in [3.63, 3.8) is 0 Å². The van der Waals surface area contributed by atoms with Gasteiger partial charge in [0.2, 0.25) is 0 Å². The summed E-state index contributed by atoms with van der Waals surface area (Å²) in [7, 11) is 0. The number of thiophene rings is 1. The third kappa shape index (κ3) is 5.46. The molecule has 0 bridgehead atoms. The van der Waals surface area contributed by atoms with Crippen LogP contribution in [0.3, 0.4) is 0 Å². The van der Waals surface area contributed by atoms with Gasteiger partial charge in [-0.1, -0.05) is 13.0 Å². The summed E-state index contributed by atoms with van der Waals surface area (Å²) >= 11 is 3.81. The van der Waals surface area contributed by atoms with E-state index in [0.29, 0.717) is 5.25 Å².